The van der Waals surface area contributed by atoms with E-state index in [2.05, 4.69) is 20.7 Å². The lowest BCUT2D eigenvalue weighted by molar-refractivity contribution is -0.120. The van der Waals surface area contributed by atoms with Gasteiger partial charge < -0.3 is 10.5 Å². The molecular formula is C6H12N6O2. The first-order valence-electron chi connectivity index (χ1n) is 4.04. The summed E-state index contributed by atoms with van der Waals surface area (Å²) < 4.78 is 4.90. The van der Waals surface area contributed by atoms with Crippen molar-refractivity contribution in [2.45, 2.75) is 0 Å². The van der Waals surface area contributed by atoms with Crippen molar-refractivity contribution in [3.05, 3.63) is 0 Å². The average Bonchev–Trinajstić information content (AvgIpc) is 2.52. The van der Waals surface area contributed by atoms with Crippen molar-refractivity contribution >= 4 is 11.9 Å². The van der Waals surface area contributed by atoms with Gasteiger partial charge in [-0.25, -0.2) is 0 Å². The summed E-state index contributed by atoms with van der Waals surface area (Å²) in [6.07, 6.45) is 0. The molecule has 0 fully saturated rings. The molecule has 8 heteroatoms. The predicted octanol–water partition coefficient (Wildman–Crippen LogP) is -1.88. The van der Waals surface area contributed by atoms with Crippen molar-refractivity contribution in [2.24, 2.45) is 12.8 Å². The van der Waals surface area contributed by atoms with Gasteiger partial charge >= 0.3 is 0 Å². The van der Waals surface area contributed by atoms with Gasteiger partial charge in [0, 0.05) is 6.54 Å². The lowest BCUT2D eigenvalue weighted by atomic mass is 10.6. The fourth-order valence-corrected chi connectivity index (χ4v) is 0.743. The number of aryl methyl sites for hydroxylation is 1. The zero-order chi connectivity index (χ0) is 10.4. The molecule has 0 radical (unpaired) electrons. The number of carbonyl (C=O) groups excluding carboxylic acids is 1. The van der Waals surface area contributed by atoms with Crippen molar-refractivity contribution in [3.63, 3.8) is 0 Å². The van der Waals surface area contributed by atoms with Crippen LogP contribution in [0.1, 0.15) is 0 Å². The Morgan fingerprint density at radius 2 is 2.50 bits per heavy atom. The summed E-state index contributed by atoms with van der Waals surface area (Å²) in [7, 11) is 1.60. The number of nitrogens with one attached hydrogen (secondary N) is 1. The van der Waals surface area contributed by atoms with Crippen molar-refractivity contribution < 1.29 is 9.53 Å². The van der Waals surface area contributed by atoms with Crippen LogP contribution in [0.5, 0.6) is 0 Å². The van der Waals surface area contributed by atoms with Gasteiger partial charge in [-0.05, 0) is 5.21 Å². The van der Waals surface area contributed by atoms with Gasteiger partial charge in [0.15, 0.2) is 0 Å². The van der Waals surface area contributed by atoms with E-state index < -0.39 is 0 Å². The Morgan fingerprint density at radius 1 is 1.71 bits per heavy atom. The summed E-state index contributed by atoms with van der Waals surface area (Å²) in [6.45, 7) is 0.674. The van der Waals surface area contributed by atoms with E-state index in [9.17, 15) is 4.79 Å². The molecule has 0 aliphatic heterocycles. The SMILES string of the molecule is Cn1nnc(NC(=O)COCCN)n1. The van der Waals surface area contributed by atoms with Crippen LogP contribution in [0.3, 0.4) is 0 Å². The number of hydrogen-bond acceptors (Lipinski definition) is 6. The lowest BCUT2D eigenvalue weighted by Gasteiger charge is -2.00. The zero-order valence-corrected chi connectivity index (χ0v) is 7.80. The van der Waals surface area contributed by atoms with Crippen LogP contribution in [0.15, 0.2) is 0 Å². The van der Waals surface area contributed by atoms with Crippen LogP contribution >= 0.6 is 0 Å². The highest BCUT2D eigenvalue weighted by Gasteiger charge is 2.05. The Bertz CT molecular complexity index is 298. The Balaban J connectivity index is 2.27. The van der Waals surface area contributed by atoms with Crippen LogP contribution in [0, 0.1) is 0 Å². The molecule has 78 valence electrons. The van der Waals surface area contributed by atoms with E-state index in [0.29, 0.717) is 13.2 Å². The van der Waals surface area contributed by atoms with Gasteiger partial charge in [0.2, 0.25) is 0 Å². The number of hydrogen-bond donors (Lipinski definition) is 2. The second-order valence-corrected chi connectivity index (χ2v) is 2.49. The monoisotopic (exact) mass is 200 g/mol. The standard InChI is InChI=1S/C6H12N6O2/c1-12-10-6(9-11-12)8-5(13)4-14-3-2-7/h2-4,7H2,1H3,(H,8,10,13). The summed E-state index contributed by atoms with van der Waals surface area (Å²) >= 11 is 0. The Hall–Kier alpha value is -1.54. The Morgan fingerprint density at radius 3 is 3.07 bits per heavy atom. The minimum atomic E-state index is -0.327. The maximum Gasteiger partial charge on any atom is 0.270 e. The number of rotatable bonds is 5. The quantitative estimate of drug-likeness (QED) is 0.539. The average molecular weight is 200 g/mol. The number of ether oxygens (including phenoxy) is 1. The van der Waals surface area contributed by atoms with Crippen LogP contribution < -0.4 is 11.1 Å². The lowest BCUT2D eigenvalue weighted by Crippen LogP contribution is -2.21. The summed E-state index contributed by atoms with van der Waals surface area (Å²) in [5, 5.41) is 13.3. The molecule has 1 rings (SSSR count). The Kier molecular flexibility index (Phi) is 3.95. The minimum Gasteiger partial charge on any atom is -0.370 e. The summed E-state index contributed by atoms with van der Waals surface area (Å²) in [5.74, 6) is -0.166. The number of tetrazole rings is 1. The van der Waals surface area contributed by atoms with Crippen molar-refractivity contribution in [2.75, 3.05) is 25.1 Å². The van der Waals surface area contributed by atoms with Gasteiger partial charge in [-0.15, -0.1) is 5.10 Å². The predicted molar refractivity (Wildman–Crippen MR) is 47.3 cm³/mol. The summed E-state index contributed by atoms with van der Waals surface area (Å²) in [6, 6.07) is 0. The molecule has 0 aromatic carbocycles. The third-order valence-electron chi connectivity index (χ3n) is 1.25. The van der Waals surface area contributed by atoms with Crippen molar-refractivity contribution in [1.82, 2.24) is 20.2 Å². The highest BCUT2D eigenvalue weighted by molar-refractivity contribution is 5.89. The van der Waals surface area contributed by atoms with Crippen LogP contribution in [0.4, 0.5) is 5.95 Å². The zero-order valence-electron chi connectivity index (χ0n) is 7.80. The highest BCUT2D eigenvalue weighted by Crippen LogP contribution is 1.91. The number of amides is 1. The van der Waals surface area contributed by atoms with Crippen LogP contribution in [0.25, 0.3) is 0 Å². The van der Waals surface area contributed by atoms with Gasteiger partial charge in [0.1, 0.15) is 6.61 Å². The third kappa shape index (κ3) is 3.46. The molecule has 0 bridgehead atoms. The molecule has 0 atom stereocenters. The van der Waals surface area contributed by atoms with E-state index in [0.717, 1.165) is 0 Å². The first kappa shape index (κ1) is 10.5. The minimum absolute atomic E-state index is 0.0601. The molecule has 0 saturated heterocycles. The summed E-state index contributed by atoms with van der Waals surface area (Å²) in [5.41, 5.74) is 5.18. The molecule has 3 N–H and O–H groups in total. The van der Waals surface area contributed by atoms with Crippen LogP contribution in [-0.2, 0) is 16.6 Å². The number of anilines is 1. The smallest absolute Gasteiger partial charge is 0.270 e. The molecule has 1 heterocycles. The first-order chi connectivity index (χ1) is 6.72. The molecule has 1 aromatic rings. The molecule has 1 amide bonds. The van der Waals surface area contributed by atoms with E-state index in [1.165, 1.54) is 4.80 Å². The molecule has 0 aliphatic carbocycles. The van der Waals surface area contributed by atoms with Crippen LogP contribution in [-0.4, -0.2) is 45.9 Å². The van der Waals surface area contributed by atoms with Crippen molar-refractivity contribution in [1.29, 1.82) is 0 Å². The maximum absolute atomic E-state index is 11.1. The van der Waals surface area contributed by atoms with Gasteiger partial charge in [-0.3, -0.25) is 10.1 Å². The molecule has 0 saturated carbocycles. The van der Waals surface area contributed by atoms with Gasteiger partial charge in [0.25, 0.3) is 11.9 Å². The van der Waals surface area contributed by atoms with Gasteiger partial charge in [-0.1, -0.05) is 5.10 Å². The van der Waals surface area contributed by atoms with E-state index in [1.807, 2.05) is 0 Å². The number of carbonyl (C=O) groups is 1. The number of aromatic nitrogens is 4. The molecule has 8 nitrogen and oxygen atoms in total. The van der Waals surface area contributed by atoms with E-state index in [-0.39, 0.29) is 18.5 Å². The highest BCUT2D eigenvalue weighted by atomic mass is 16.5. The number of nitrogens with zero attached hydrogens (tertiary/aromatic N) is 4. The second kappa shape index (κ2) is 5.25. The topological polar surface area (TPSA) is 108 Å². The molecule has 0 spiro atoms. The van der Waals surface area contributed by atoms with Crippen LogP contribution in [0.2, 0.25) is 0 Å². The molecule has 1 aromatic heterocycles. The van der Waals surface area contributed by atoms with Crippen molar-refractivity contribution in [3.8, 4) is 0 Å². The molecule has 0 aliphatic rings. The fraction of sp³-hybridized carbons (Fsp3) is 0.667. The fourth-order valence-electron chi connectivity index (χ4n) is 0.743. The van der Waals surface area contributed by atoms with E-state index in [1.54, 1.807) is 7.05 Å². The largest absolute Gasteiger partial charge is 0.370 e. The normalized spacial score (nSPS) is 10.1. The molecule has 0 unspecified atom stereocenters. The second-order valence-electron chi connectivity index (χ2n) is 2.49. The third-order valence-corrected chi connectivity index (χ3v) is 1.25. The summed E-state index contributed by atoms with van der Waals surface area (Å²) in [4.78, 5) is 12.3. The van der Waals surface area contributed by atoms with Gasteiger partial charge in [-0.2, -0.15) is 4.80 Å². The maximum atomic E-state index is 11.1. The molecular weight excluding hydrogens is 188 g/mol. The number of nitrogens with two attached hydrogens (primary N) is 1. The first-order valence-corrected chi connectivity index (χ1v) is 4.04. The Labute approximate surface area is 80.4 Å². The van der Waals surface area contributed by atoms with E-state index in [4.69, 9.17) is 10.5 Å². The molecule has 14 heavy (non-hydrogen) atoms. The van der Waals surface area contributed by atoms with Gasteiger partial charge in [0.05, 0.1) is 13.7 Å². The van der Waals surface area contributed by atoms with E-state index >= 15 is 0 Å².